The van der Waals surface area contributed by atoms with Crippen LogP contribution in [0.4, 0.5) is 0 Å². The number of aliphatic hydroxyl groups is 1. The molecular formula is C17H29NOS. The van der Waals surface area contributed by atoms with Crippen LogP contribution in [0.5, 0.6) is 0 Å². The van der Waals surface area contributed by atoms with Crippen molar-refractivity contribution in [2.75, 3.05) is 12.4 Å². The molecule has 0 saturated heterocycles. The summed E-state index contributed by atoms with van der Waals surface area (Å²) in [6.07, 6.45) is 3.36. The fourth-order valence-electron chi connectivity index (χ4n) is 2.34. The van der Waals surface area contributed by atoms with E-state index in [1.165, 1.54) is 16.9 Å². The minimum absolute atomic E-state index is 0.136. The molecule has 0 aromatic heterocycles. The van der Waals surface area contributed by atoms with Crippen molar-refractivity contribution < 1.29 is 5.11 Å². The summed E-state index contributed by atoms with van der Waals surface area (Å²) in [4.78, 5) is 1.35. The molecule has 114 valence electrons. The van der Waals surface area contributed by atoms with Crippen LogP contribution in [-0.2, 0) is 0 Å². The molecule has 0 aliphatic carbocycles. The van der Waals surface area contributed by atoms with E-state index in [2.05, 4.69) is 57.3 Å². The van der Waals surface area contributed by atoms with E-state index in [9.17, 15) is 5.11 Å². The minimum Gasteiger partial charge on any atom is -0.394 e. The zero-order valence-electron chi connectivity index (χ0n) is 13.3. The van der Waals surface area contributed by atoms with Gasteiger partial charge in [-0.25, -0.2) is 0 Å². The first-order chi connectivity index (χ1) is 9.45. The fraction of sp³-hybridized carbons (Fsp3) is 0.647. The lowest BCUT2D eigenvalue weighted by Gasteiger charge is -2.31. The highest BCUT2D eigenvalue weighted by atomic mass is 32.2. The van der Waals surface area contributed by atoms with Crippen molar-refractivity contribution in [2.24, 2.45) is 0 Å². The van der Waals surface area contributed by atoms with E-state index in [1.54, 1.807) is 0 Å². The van der Waals surface area contributed by atoms with E-state index in [0.717, 1.165) is 18.6 Å². The second kappa shape index (κ2) is 8.71. The number of rotatable bonds is 9. The number of benzene rings is 1. The van der Waals surface area contributed by atoms with Crippen molar-refractivity contribution in [3.8, 4) is 0 Å². The zero-order chi connectivity index (χ0) is 15.0. The van der Waals surface area contributed by atoms with Crippen molar-refractivity contribution in [3.63, 3.8) is 0 Å². The molecule has 0 spiro atoms. The molecule has 1 aromatic rings. The van der Waals surface area contributed by atoms with Crippen LogP contribution in [0, 0.1) is 6.92 Å². The van der Waals surface area contributed by atoms with Crippen LogP contribution in [0.1, 0.15) is 45.6 Å². The third-order valence-corrected chi connectivity index (χ3v) is 4.50. The summed E-state index contributed by atoms with van der Waals surface area (Å²) in [6.45, 7) is 8.69. The maximum Gasteiger partial charge on any atom is 0.0610 e. The molecule has 2 N–H and O–H groups in total. The summed E-state index contributed by atoms with van der Waals surface area (Å²) in [5, 5.41) is 13.0. The SMILES string of the molecule is Cc1ccc(SCCCCC(C)(CO)NC(C)C)cc1. The summed E-state index contributed by atoms with van der Waals surface area (Å²) in [5.41, 5.74) is 1.18. The molecular weight excluding hydrogens is 266 g/mol. The molecule has 0 aliphatic rings. The third-order valence-electron chi connectivity index (χ3n) is 3.40. The Morgan fingerprint density at radius 1 is 1.20 bits per heavy atom. The maximum atomic E-state index is 9.53. The monoisotopic (exact) mass is 295 g/mol. The van der Waals surface area contributed by atoms with Gasteiger partial charge in [0.2, 0.25) is 0 Å². The van der Waals surface area contributed by atoms with Gasteiger partial charge >= 0.3 is 0 Å². The third kappa shape index (κ3) is 6.78. The van der Waals surface area contributed by atoms with Gasteiger partial charge < -0.3 is 10.4 Å². The average molecular weight is 295 g/mol. The Morgan fingerprint density at radius 3 is 2.40 bits per heavy atom. The quantitative estimate of drug-likeness (QED) is 0.533. The fourth-order valence-corrected chi connectivity index (χ4v) is 3.25. The summed E-state index contributed by atoms with van der Waals surface area (Å²) in [6, 6.07) is 9.13. The largest absolute Gasteiger partial charge is 0.394 e. The maximum absolute atomic E-state index is 9.53. The van der Waals surface area contributed by atoms with Crippen LogP contribution >= 0.6 is 11.8 Å². The summed E-state index contributed by atoms with van der Waals surface area (Å²) >= 11 is 1.92. The van der Waals surface area contributed by atoms with Gasteiger partial charge in [0.25, 0.3) is 0 Å². The van der Waals surface area contributed by atoms with Crippen LogP contribution < -0.4 is 5.32 Å². The van der Waals surface area contributed by atoms with Gasteiger partial charge in [-0.2, -0.15) is 0 Å². The number of aliphatic hydroxyl groups excluding tert-OH is 1. The first-order valence-electron chi connectivity index (χ1n) is 7.53. The molecule has 1 atom stereocenters. The van der Waals surface area contributed by atoms with Crippen LogP contribution in [-0.4, -0.2) is 29.0 Å². The van der Waals surface area contributed by atoms with Gasteiger partial charge in [0.05, 0.1) is 6.61 Å². The molecule has 0 radical (unpaired) electrons. The Balaban J connectivity index is 2.22. The molecule has 0 amide bonds. The van der Waals surface area contributed by atoms with Gasteiger partial charge in [-0.15, -0.1) is 11.8 Å². The molecule has 0 saturated carbocycles. The Hall–Kier alpha value is -0.510. The molecule has 1 aromatic carbocycles. The standard InChI is InChI=1S/C17H29NOS/c1-14(2)18-17(4,13-19)11-5-6-12-20-16-9-7-15(3)8-10-16/h7-10,14,18-19H,5-6,11-13H2,1-4H3. The Kier molecular flexibility index (Phi) is 7.63. The topological polar surface area (TPSA) is 32.3 Å². The van der Waals surface area contributed by atoms with Crippen LogP contribution in [0.25, 0.3) is 0 Å². The molecule has 20 heavy (non-hydrogen) atoms. The van der Waals surface area contributed by atoms with Crippen molar-refractivity contribution in [3.05, 3.63) is 29.8 Å². The first-order valence-corrected chi connectivity index (χ1v) is 8.52. The molecule has 0 aliphatic heterocycles. The van der Waals surface area contributed by atoms with E-state index >= 15 is 0 Å². The highest BCUT2D eigenvalue weighted by Crippen LogP contribution is 2.21. The predicted molar refractivity (Wildman–Crippen MR) is 89.5 cm³/mol. The highest BCUT2D eigenvalue weighted by Gasteiger charge is 2.22. The van der Waals surface area contributed by atoms with Crippen molar-refractivity contribution in [1.82, 2.24) is 5.32 Å². The summed E-state index contributed by atoms with van der Waals surface area (Å²) in [5.74, 6) is 1.15. The molecule has 3 heteroatoms. The number of thioether (sulfide) groups is 1. The smallest absolute Gasteiger partial charge is 0.0610 e. The number of nitrogens with one attached hydrogen (secondary N) is 1. The lowest BCUT2D eigenvalue weighted by Crippen LogP contribution is -2.49. The van der Waals surface area contributed by atoms with Gasteiger partial charge in [-0.1, -0.05) is 38.0 Å². The lowest BCUT2D eigenvalue weighted by molar-refractivity contribution is 0.154. The van der Waals surface area contributed by atoms with Gasteiger partial charge in [0.15, 0.2) is 0 Å². The molecule has 1 unspecified atom stereocenters. The molecule has 2 nitrogen and oxygen atoms in total. The zero-order valence-corrected chi connectivity index (χ0v) is 14.1. The molecule has 1 rings (SSSR count). The van der Waals surface area contributed by atoms with E-state index in [-0.39, 0.29) is 12.1 Å². The van der Waals surface area contributed by atoms with Crippen LogP contribution in [0.2, 0.25) is 0 Å². The number of hydrogen-bond donors (Lipinski definition) is 2. The van der Waals surface area contributed by atoms with E-state index in [0.29, 0.717) is 6.04 Å². The highest BCUT2D eigenvalue weighted by molar-refractivity contribution is 7.99. The average Bonchev–Trinajstić information content (AvgIpc) is 2.40. The van der Waals surface area contributed by atoms with E-state index in [4.69, 9.17) is 0 Å². The van der Waals surface area contributed by atoms with Gasteiger partial charge in [-0.05, 0) is 44.6 Å². The Bertz CT molecular complexity index is 377. The first kappa shape index (κ1) is 17.5. The van der Waals surface area contributed by atoms with Crippen LogP contribution in [0.3, 0.4) is 0 Å². The summed E-state index contributed by atoms with van der Waals surface area (Å²) in [7, 11) is 0. The normalized spacial score (nSPS) is 14.5. The van der Waals surface area contributed by atoms with Gasteiger partial charge in [-0.3, -0.25) is 0 Å². The predicted octanol–water partition coefficient (Wildman–Crippen LogP) is 4.01. The molecule has 0 heterocycles. The molecule has 0 bridgehead atoms. The van der Waals surface area contributed by atoms with Crippen molar-refractivity contribution in [1.29, 1.82) is 0 Å². The van der Waals surface area contributed by atoms with E-state index in [1.807, 2.05) is 11.8 Å². The second-order valence-electron chi connectivity index (χ2n) is 6.14. The number of unbranched alkanes of at least 4 members (excludes halogenated alkanes) is 1. The number of hydrogen-bond acceptors (Lipinski definition) is 3. The van der Waals surface area contributed by atoms with Crippen molar-refractivity contribution >= 4 is 11.8 Å². The second-order valence-corrected chi connectivity index (χ2v) is 7.30. The Labute approximate surface area is 128 Å². The van der Waals surface area contributed by atoms with E-state index < -0.39 is 0 Å². The minimum atomic E-state index is -0.136. The molecule has 0 fully saturated rings. The lowest BCUT2D eigenvalue weighted by atomic mass is 9.95. The Morgan fingerprint density at radius 2 is 1.85 bits per heavy atom. The van der Waals surface area contributed by atoms with Crippen LogP contribution in [0.15, 0.2) is 29.2 Å². The van der Waals surface area contributed by atoms with Gasteiger partial charge in [0, 0.05) is 16.5 Å². The summed E-state index contributed by atoms with van der Waals surface area (Å²) < 4.78 is 0. The van der Waals surface area contributed by atoms with Crippen molar-refractivity contribution in [2.45, 2.75) is 63.4 Å². The number of aryl methyl sites for hydroxylation is 1. The van der Waals surface area contributed by atoms with Gasteiger partial charge in [0.1, 0.15) is 0 Å².